The van der Waals surface area contributed by atoms with E-state index in [0.29, 0.717) is 16.8 Å². The fourth-order valence-corrected chi connectivity index (χ4v) is 3.43. The Labute approximate surface area is 176 Å². The van der Waals surface area contributed by atoms with Crippen LogP contribution in [0.3, 0.4) is 0 Å². The molecule has 6 nitrogen and oxygen atoms in total. The molecular formula is C24H24N4O2. The highest BCUT2D eigenvalue weighted by Crippen LogP contribution is 2.20. The minimum atomic E-state index is -0.188. The van der Waals surface area contributed by atoms with Gasteiger partial charge in [0.05, 0.1) is 5.69 Å². The van der Waals surface area contributed by atoms with Crippen LogP contribution in [-0.2, 0) is 0 Å². The van der Waals surface area contributed by atoms with E-state index >= 15 is 0 Å². The molecule has 0 bridgehead atoms. The number of nitrogens with one attached hydrogen (secondary N) is 1. The number of carbonyl (C=O) groups excluding carboxylic acids is 2. The number of pyridine rings is 1. The van der Waals surface area contributed by atoms with Gasteiger partial charge in [0.25, 0.3) is 11.8 Å². The third-order valence-corrected chi connectivity index (χ3v) is 5.27. The fourth-order valence-electron chi connectivity index (χ4n) is 3.43. The molecule has 0 radical (unpaired) electrons. The molecule has 1 fully saturated rings. The van der Waals surface area contributed by atoms with Crippen molar-refractivity contribution in [3.05, 3.63) is 84.1 Å². The Hall–Kier alpha value is -3.51. The first-order chi connectivity index (χ1) is 14.6. The summed E-state index contributed by atoms with van der Waals surface area (Å²) in [6, 6.07) is 20.2. The van der Waals surface area contributed by atoms with E-state index in [0.717, 1.165) is 37.4 Å². The summed E-state index contributed by atoms with van der Waals surface area (Å²) in [5, 5.41) is 2.88. The number of para-hydroxylation sites is 1. The zero-order chi connectivity index (χ0) is 20.9. The number of rotatable bonds is 4. The predicted octanol–water partition coefficient (Wildman–Crippen LogP) is 3.39. The fraction of sp³-hybridized carbons (Fsp3) is 0.208. The van der Waals surface area contributed by atoms with Gasteiger partial charge < -0.3 is 15.1 Å². The van der Waals surface area contributed by atoms with Gasteiger partial charge in [-0.1, -0.05) is 30.3 Å². The molecule has 0 aliphatic carbocycles. The smallest absolute Gasteiger partial charge is 0.255 e. The van der Waals surface area contributed by atoms with Gasteiger partial charge in [-0.25, -0.2) is 0 Å². The first-order valence-electron chi connectivity index (χ1n) is 10.0. The molecule has 2 heterocycles. The molecule has 3 aromatic rings. The molecule has 6 heteroatoms. The van der Waals surface area contributed by atoms with Crippen LogP contribution in [0, 0.1) is 0 Å². The Kier molecular flexibility index (Phi) is 5.86. The summed E-state index contributed by atoms with van der Waals surface area (Å²) >= 11 is 0. The van der Waals surface area contributed by atoms with Crippen molar-refractivity contribution in [2.75, 3.05) is 38.5 Å². The van der Waals surface area contributed by atoms with Crippen LogP contribution in [0.5, 0.6) is 0 Å². The van der Waals surface area contributed by atoms with Crippen LogP contribution < -0.4 is 5.32 Å². The molecule has 2 amide bonds. The van der Waals surface area contributed by atoms with Gasteiger partial charge >= 0.3 is 0 Å². The second-order valence-electron chi connectivity index (χ2n) is 7.42. The number of benzene rings is 2. The largest absolute Gasteiger partial charge is 0.336 e. The monoisotopic (exact) mass is 400 g/mol. The second-order valence-corrected chi connectivity index (χ2v) is 7.42. The van der Waals surface area contributed by atoms with Crippen molar-refractivity contribution in [1.82, 2.24) is 14.8 Å². The van der Waals surface area contributed by atoms with E-state index in [1.807, 2.05) is 59.5 Å². The van der Waals surface area contributed by atoms with E-state index in [2.05, 4.69) is 22.2 Å². The van der Waals surface area contributed by atoms with Crippen LogP contribution in [0.2, 0.25) is 0 Å². The van der Waals surface area contributed by atoms with E-state index in [4.69, 9.17) is 0 Å². The van der Waals surface area contributed by atoms with Crippen molar-refractivity contribution in [3.8, 4) is 11.3 Å². The van der Waals surface area contributed by atoms with Crippen LogP contribution in [0.15, 0.2) is 72.9 Å². The van der Waals surface area contributed by atoms with Crippen molar-refractivity contribution in [2.45, 2.75) is 0 Å². The Morgan fingerprint density at radius 2 is 1.57 bits per heavy atom. The first-order valence-corrected chi connectivity index (χ1v) is 10.0. The van der Waals surface area contributed by atoms with Crippen molar-refractivity contribution < 1.29 is 9.59 Å². The molecule has 0 unspecified atom stereocenters. The quantitative estimate of drug-likeness (QED) is 0.729. The Balaban J connectivity index is 1.47. The maximum atomic E-state index is 12.7. The number of aromatic nitrogens is 1. The van der Waals surface area contributed by atoms with Crippen molar-refractivity contribution in [2.24, 2.45) is 0 Å². The maximum absolute atomic E-state index is 12.7. The molecule has 0 spiro atoms. The molecule has 1 aromatic heterocycles. The van der Waals surface area contributed by atoms with Crippen molar-refractivity contribution in [3.63, 3.8) is 0 Å². The minimum Gasteiger partial charge on any atom is -0.336 e. The molecule has 1 aliphatic rings. The van der Waals surface area contributed by atoms with Gasteiger partial charge in [0, 0.05) is 54.8 Å². The summed E-state index contributed by atoms with van der Waals surface area (Å²) in [6.45, 7) is 3.28. The highest BCUT2D eigenvalue weighted by molar-refractivity contribution is 6.04. The lowest BCUT2D eigenvalue weighted by molar-refractivity contribution is 0.0664. The van der Waals surface area contributed by atoms with Gasteiger partial charge in [0.2, 0.25) is 0 Å². The van der Waals surface area contributed by atoms with E-state index < -0.39 is 0 Å². The third kappa shape index (κ3) is 4.55. The van der Waals surface area contributed by atoms with Gasteiger partial charge in [0.1, 0.15) is 0 Å². The molecule has 1 saturated heterocycles. The number of nitrogens with zero attached hydrogens (tertiary/aromatic N) is 3. The topological polar surface area (TPSA) is 65.5 Å². The normalized spacial score (nSPS) is 14.4. The molecule has 4 rings (SSSR count). The molecule has 30 heavy (non-hydrogen) atoms. The molecule has 1 N–H and O–H groups in total. The van der Waals surface area contributed by atoms with Gasteiger partial charge in [0.15, 0.2) is 0 Å². The summed E-state index contributed by atoms with van der Waals surface area (Å²) in [5.41, 5.74) is 3.49. The number of piperazine rings is 1. The Bertz CT molecular complexity index is 1030. The summed E-state index contributed by atoms with van der Waals surface area (Å²) < 4.78 is 0. The SMILES string of the molecule is CN1CCN(C(=O)c2ccc(-c3cc(C(=O)Nc4ccccc4)ccn3)cc2)CC1. The van der Waals surface area contributed by atoms with Crippen molar-refractivity contribution in [1.29, 1.82) is 0 Å². The highest BCUT2D eigenvalue weighted by Gasteiger charge is 2.20. The van der Waals surface area contributed by atoms with Crippen LogP contribution in [0.4, 0.5) is 5.69 Å². The lowest BCUT2D eigenvalue weighted by Crippen LogP contribution is -2.47. The standard InChI is InChI=1S/C24H24N4O2/c1-27-13-15-28(16-14-27)24(30)19-9-7-18(8-10-19)22-17-20(11-12-25-22)23(29)26-21-5-3-2-4-6-21/h2-12,17H,13-16H2,1H3,(H,26,29). The molecular weight excluding hydrogens is 376 g/mol. The number of amides is 2. The second kappa shape index (κ2) is 8.88. The minimum absolute atomic E-state index is 0.0543. The van der Waals surface area contributed by atoms with E-state index in [9.17, 15) is 9.59 Å². The zero-order valence-corrected chi connectivity index (χ0v) is 16.9. The first kappa shape index (κ1) is 19.8. The van der Waals surface area contributed by atoms with Gasteiger partial charge in [-0.05, 0) is 43.4 Å². The maximum Gasteiger partial charge on any atom is 0.255 e. The zero-order valence-electron chi connectivity index (χ0n) is 16.9. The summed E-state index contributed by atoms with van der Waals surface area (Å²) in [4.78, 5) is 33.8. The lowest BCUT2D eigenvalue weighted by Gasteiger charge is -2.32. The van der Waals surface area contributed by atoms with Crippen LogP contribution in [0.1, 0.15) is 20.7 Å². The number of likely N-dealkylation sites (N-methyl/N-ethyl adjacent to an activating group) is 1. The third-order valence-electron chi connectivity index (χ3n) is 5.27. The molecule has 1 aliphatic heterocycles. The average molecular weight is 400 g/mol. The summed E-state index contributed by atoms with van der Waals surface area (Å²) in [5.74, 6) is -0.134. The average Bonchev–Trinajstić information content (AvgIpc) is 2.80. The number of carbonyl (C=O) groups is 2. The molecule has 152 valence electrons. The molecule has 0 saturated carbocycles. The van der Waals surface area contributed by atoms with Gasteiger partial charge in [-0.15, -0.1) is 0 Å². The van der Waals surface area contributed by atoms with Crippen LogP contribution in [0.25, 0.3) is 11.3 Å². The molecule has 0 atom stereocenters. The lowest BCUT2D eigenvalue weighted by atomic mass is 10.1. The van der Waals surface area contributed by atoms with E-state index in [1.165, 1.54) is 0 Å². The van der Waals surface area contributed by atoms with E-state index in [1.54, 1.807) is 18.3 Å². The van der Waals surface area contributed by atoms with Crippen molar-refractivity contribution >= 4 is 17.5 Å². The number of hydrogen-bond acceptors (Lipinski definition) is 4. The van der Waals surface area contributed by atoms with Crippen LogP contribution in [-0.4, -0.2) is 59.8 Å². The van der Waals surface area contributed by atoms with Gasteiger partial charge in [-0.3, -0.25) is 14.6 Å². The van der Waals surface area contributed by atoms with Crippen LogP contribution >= 0.6 is 0 Å². The Morgan fingerprint density at radius 3 is 2.27 bits per heavy atom. The Morgan fingerprint density at radius 1 is 0.867 bits per heavy atom. The number of anilines is 1. The predicted molar refractivity (Wildman–Crippen MR) is 117 cm³/mol. The summed E-state index contributed by atoms with van der Waals surface area (Å²) in [6.07, 6.45) is 1.62. The molecule has 2 aromatic carbocycles. The highest BCUT2D eigenvalue weighted by atomic mass is 16.2. The number of hydrogen-bond donors (Lipinski definition) is 1. The van der Waals surface area contributed by atoms with Gasteiger partial charge in [-0.2, -0.15) is 0 Å². The van der Waals surface area contributed by atoms with E-state index in [-0.39, 0.29) is 11.8 Å². The summed E-state index contributed by atoms with van der Waals surface area (Å²) in [7, 11) is 2.07.